The summed E-state index contributed by atoms with van der Waals surface area (Å²) in [5.41, 5.74) is 7.10. The number of aryl methyl sites for hydroxylation is 4. The maximum absolute atomic E-state index is 12.9. The fourth-order valence-electron chi connectivity index (χ4n) is 3.32. The van der Waals surface area contributed by atoms with Crippen LogP contribution in [0.5, 0.6) is 0 Å². The molecule has 0 spiro atoms. The van der Waals surface area contributed by atoms with Crippen LogP contribution < -0.4 is 5.32 Å². The van der Waals surface area contributed by atoms with E-state index in [4.69, 9.17) is 0 Å². The Morgan fingerprint density at radius 3 is 2.76 bits per heavy atom. The highest BCUT2D eigenvalue weighted by Crippen LogP contribution is 2.23. The minimum absolute atomic E-state index is 0.122. The Balaban J connectivity index is 1.75. The van der Waals surface area contributed by atoms with Gasteiger partial charge in [-0.25, -0.2) is 4.98 Å². The summed E-state index contributed by atoms with van der Waals surface area (Å²) in [6.07, 6.45) is 1.76. The van der Waals surface area contributed by atoms with Crippen LogP contribution in [0.1, 0.15) is 33.0 Å². The number of nitrogens with one attached hydrogen (secondary N) is 2. The van der Waals surface area contributed by atoms with Crippen LogP contribution in [0.3, 0.4) is 0 Å². The Morgan fingerprint density at radius 1 is 1.16 bits per heavy atom. The summed E-state index contributed by atoms with van der Waals surface area (Å²) >= 11 is 0. The smallest absolute Gasteiger partial charge is 0.257 e. The van der Waals surface area contributed by atoms with Gasteiger partial charge in [0.25, 0.3) is 5.91 Å². The van der Waals surface area contributed by atoms with Gasteiger partial charge in [-0.3, -0.25) is 9.89 Å². The summed E-state index contributed by atoms with van der Waals surface area (Å²) in [7, 11) is 0. The molecule has 0 fully saturated rings. The number of hydrogen-bond donors (Lipinski definition) is 2. The van der Waals surface area contributed by atoms with Crippen LogP contribution in [0.4, 0.5) is 5.69 Å². The first kappa shape index (κ1) is 15.4. The number of carbonyl (C=O) groups excluding carboxylic acids is 1. The van der Waals surface area contributed by atoms with Crippen LogP contribution in [0.25, 0.3) is 16.4 Å². The SMILES string of the molecule is Cc1cc2c(C)ncn2c(C)c1C(=O)Nc1ccc2n[nH]c(C)c2c1. The predicted molar refractivity (Wildman–Crippen MR) is 98.2 cm³/mol. The summed E-state index contributed by atoms with van der Waals surface area (Å²) in [6.45, 7) is 7.83. The van der Waals surface area contributed by atoms with E-state index in [0.29, 0.717) is 5.56 Å². The number of amides is 1. The minimum Gasteiger partial charge on any atom is -0.322 e. The predicted octanol–water partition coefficient (Wildman–Crippen LogP) is 3.70. The van der Waals surface area contributed by atoms with Gasteiger partial charge in [0.2, 0.25) is 0 Å². The summed E-state index contributed by atoms with van der Waals surface area (Å²) < 4.78 is 1.96. The van der Waals surface area contributed by atoms with Gasteiger partial charge in [-0.2, -0.15) is 5.10 Å². The number of rotatable bonds is 2. The third kappa shape index (κ3) is 2.38. The second-order valence-electron chi connectivity index (χ2n) is 6.41. The molecule has 0 saturated carbocycles. The van der Waals surface area contributed by atoms with Gasteiger partial charge in [0.05, 0.1) is 28.6 Å². The number of carbonyl (C=O) groups is 1. The van der Waals surface area contributed by atoms with Crippen LogP contribution in [0.2, 0.25) is 0 Å². The Bertz CT molecular complexity index is 1140. The molecule has 3 aromatic heterocycles. The largest absolute Gasteiger partial charge is 0.322 e. The van der Waals surface area contributed by atoms with E-state index >= 15 is 0 Å². The number of fused-ring (bicyclic) bond motifs is 2. The van der Waals surface area contributed by atoms with Crippen molar-refractivity contribution in [2.45, 2.75) is 27.7 Å². The molecule has 0 aliphatic carbocycles. The molecule has 0 aliphatic rings. The van der Waals surface area contributed by atoms with Crippen molar-refractivity contribution in [1.29, 1.82) is 0 Å². The van der Waals surface area contributed by atoms with Crippen LogP contribution >= 0.6 is 0 Å². The molecule has 25 heavy (non-hydrogen) atoms. The maximum Gasteiger partial charge on any atom is 0.257 e. The highest BCUT2D eigenvalue weighted by molar-refractivity contribution is 6.07. The normalized spacial score (nSPS) is 11.4. The number of pyridine rings is 1. The van der Waals surface area contributed by atoms with Crippen molar-refractivity contribution in [3.05, 3.63) is 58.8 Å². The molecule has 6 nitrogen and oxygen atoms in total. The Labute approximate surface area is 144 Å². The van der Waals surface area contributed by atoms with Crippen LogP contribution in [0, 0.1) is 27.7 Å². The van der Waals surface area contributed by atoms with E-state index in [-0.39, 0.29) is 5.91 Å². The summed E-state index contributed by atoms with van der Waals surface area (Å²) in [6, 6.07) is 7.71. The molecule has 0 saturated heterocycles. The molecular formula is C19H19N5O. The molecule has 4 aromatic rings. The summed E-state index contributed by atoms with van der Waals surface area (Å²) in [4.78, 5) is 17.2. The number of aromatic amines is 1. The molecule has 2 N–H and O–H groups in total. The van der Waals surface area contributed by atoms with Gasteiger partial charge in [-0.1, -0.05) is 0 Å². The molecule has 1 aromatic carbocycles. The number of imidazole rings is 1. The molecule has 0 radical (unpaired) electrons. The monoisotopic (exact) mass is 333 g/mol. The van der Waals surface area contributed by atoms with Crippen molar-refractivity contribution in [1.82, 2.24) is 19.6 Å². The van der Waals surface area contributed by atoms with Gasteiger partial charge in [0.15, 0.2) is 0 Å². The lowest BCUT2D eigenvalue weighted by Crippen LogP contribution is -2.16. The average Bonchev–Trinajstić information content (AvgIpc) is 3.12. The number of H-pyrrole nitrogens is 1. The Hall–Kier alpha value is -3.15. The molecule has 4 rings (SSSR count). The van der Waals surface area contributed by atoms with Gasteiger partial charge < -0.3 is 9.72 Å². The van der Waals surface area contributed by atoms with E-state index in [9.17, 15) is 4.79 Å². The second-order valence-corrected chi connectivity index (χ2v) is 6.41. The van der Waals surface area contributed by atoms with Crippen molar-refractivity contribution in [2.75, 3.05) is 5.32 Å². The zero-order valence-electron chi connectivity index (χ0n) is 14.6. The molecule has 0 aliphatic heterocycles. The number of aromatic nitrogens is 4. The topological polar surface area (TPSA) is 75.1 Å². The van der Waals surface area contributed by atoms with Gasteiger partial charge in [0.1, 0.15) is 0 Å². The number of nitrogens with zero attached hydrogens (tertiary/aromatic N) is 3. The first-order valence-corrected chi connectivity index (χ1v) is 8.15. The minimum atomic E-state index is -0.122. The Kier molecular flexibility index (Phi) is 3.35. The van der Waals surface area contributed by atoms with Crippen molar-refractivity contribution >= 4 is 28.0 Å². The molecule has 1 amide bonds. The molecule has 126 valence electrons. The van der Waals surface area contributed by atoms with Gasteiger partial charge in [0, 0.05) is 22.5 Å². The number of benzene rings is 1. The van der Waals surface area contributed by atoms with E-state index in [0.717, 1.165) is 44.8 Å². The lowest BCUT2D eigenvalue weighted by molar-refractivity contribution is 0.102. The first-order chi connectivity index (χ1) is 12.0. The maximum atomic E-state index is 12.9. The molecule has 6 heteroatoms. The zero-order chi connectivity index (χ0) is 17.7. The number of hydrogen-bond acceptors (Lipinski definition) is 3. The van der Waals surface area contributed by atoms with Gasteiger partial charge >= 0.3 is 0 Å². The highest BCUT2D eigenvalue weighted by atomic mass is 16.1. The fourth-order valence-corrected chi connectivity index (χ4v) is 3.32. The highest BCUT2D eigenvalue weighted by Gasteiger charge is 2.17. The van der Waals surface area contributed by atoms with Crippen molar-refractivity contribution < 1.29 is 4.79 Å². The van der Waals surface area contributed by atoms with E-state index in [1.54, 1.807) is 6.33 Å². The number of anilines is 1. The van der Waals surface area contributed by atoms with Gasteiger partial charge in [-0.05, 0) is 57.5 Å². The van der Waals surface area contributed by atoms with E-state index in [2.05, 4.69) is 20.5 Å². The van der Waals surface area contributed by atoms with Crippen LogP contribution in [-0.4, -0.2) is 25.5 Å². The fraction of sp³-hybridized carbons (Fsp3) is 0.211. The summed E-state index contributed by atoms with van der Waals surface area (Å²) in [5, 5.41) is 11.2. The molecule has 0 unspecified atom stereocenters. The third-order valence-corrected chi connectivity index (χ3v) is 4.70. The Morgan fingerprint density at radius 2 is 1.96 bits per heavy atom. The molecular weight excluding hydrogens is 314 g/mol. The quantitative estimate of drug-likeness (QED) is 0.587. The second kappa shape index (κ2) is 5.44. The standard InChI is InChI=1S/C19H19N5O/c1-10-7-17-12(3)20-9-24(17)13(4)18(10)19(25)21-14-5-6-16-15(8-14)11(2)22-23-16/h5-9H,1-4H3,(H,21,25)(H,22,23). The van der Waals surface area contributed by atoms with Crippen molar-refractivity contribution in [3.63, 3.8) is 0 Å². The van der Waals surface area contributed by atoms with Crippen LogP contribution in [-0.2, 0) is 0 Å². The molecule has 3 heterocycles. The van der Waals surface area contributed by atoms with Gasteiger partial charge in [-0.15, -0.1) is 0 Å². The lowest BCUT2D eigenvalue weighted by atomic mass is 10.1. The van der Waals surface area contributed by atoms with Crippen molar-refractivity contribution in [2.24, 2.45) is 0 Å². The average molecular weight is 333 g/mol. The molecule has 0 atom stereocenters. The van der Waals surface area contributed by atoms with E-state index in [1.807, 2.05) is 56.4 Å². The third-order valence-electron chi connectivity index (χ3n) is 4.70. The first-order valence-electron chi connectivity index (χ1n) is 8.15. The zero-order valence-corrected chi connectivity index (χ0v) is 14.6. The van der Waals surface area contributed by atoms with E-state index in [1.165, 1.54) is 0 Å². The molecule has 0 bridgehead atoms. The van der Waals surface area contributed by atoms with Crippen LogP contribution in [0.15, 0.2) is 30.6 Å². The van der Waals surface area contributed by atoms with E-state index < -0.39 is 0 Å². The lowest BCUT2D eigenvalue weighted by Gasteiger charge is -2.13. The summed E-state index contributed by atoms with van der Waals surface area (Å²) in [5.74, 6) is -0.122. The van der Waals surface area contributed by atoms with Crippen molar-refractivity contribution in [3.8, 4) is 0 Å².